The second kappa shape index (κ2) is 10.0. The molecule has 1 aliphatic heterocycles. The van der Waals surface area contributed by atoms with Crippen molar-refractivity contribution in [2.75, 3.05) is 0 Å². The zero-order chi connectivity index (χ0) is 27.9. The normalized spacial score (nSPS) is 16.4. The number of fused-ring (bicyclic) bond motifs is 3. The molecular weight excluding hydrogens is 526 g/mol. The molecule has 200 valence electrons. The largest absolute Gasteiger partial charge is 0.341 e. The Labute approximate surface area is 235 Å². The van der Waals surface area contributed by atoms with Crippen LogP contribution in [0, 0.1) is 17.9 Å². The summed E-state index contributed by atoms with van der Waals surface area (Å²) in [6.45, 7) is 2.47. The Bertz CT molecular complexity index is 1760. The highest BCUT2D eigenvalue weighted by atomic mass is 35.5. The fourth-order valence-electron chi connectivity index (χ4n) is 5.67. The second-order valence-corrected chi connectivity index (χ2v) is 10.4. The molecule has 3 aromatic carbocycles. The molecule has 3 heterocycles. The fraction of sp³-hybridized carbons (Fsp3) is 0.172. The summed E-state index contributed by atoms with van der Waals surface area (Å²) in [6.07, 6.45) is 4.34. The van der Waals surface area contributed by atoms with Gasteiger partial charge in [-0.2, -0.15) is 5.53 Å². The van der Waals surface area contributed by atoms with Gasteiger partial charge in [0, 0.05) is 27.8 Å². The number of carbonyl (C=O) groups excluding carboxylic acids is 1. The van der Waals surface area contributed by atoms with E-state index in [-0.39, 0.29) is 11.7 Å². The minimum atomic E-state index is -0.731. The highest BCUT2D eigenvalue weighted by Gasteiger charge is 2.40. The van der Waals surface area contributed by atoms with E-state index in [9.17, 15) is 4.79 Å². The Morgan fingerprint density at radius 3 is 2.58 bits per heavy atom. The standard InChI is InChI=1S/C29H26ClN9O/c1-18-7-10-24-22(13-18)26(27(31)36-37-32)25-11-12-29(15-39(24)25,19-5-3-2-4-6-19)35-28(40)21-9-8-20(14-23(21)30)38-16-33-34-17-38/h2-10,13-14,16-17H,11-12,15H2,1H3,(H,35,40)(H3,31,32,36)/t29-/m1/s1. The Morgan fingerprint density at radius 2 is 1.85 bits per heavy atom. The maximum atomic E-state index is 13.8. The highest BCUT2D eigenvalue weighted by molar-refractivity contribution is 6.34. The highest BCUT2D eigenvalue weighted by Crippen LogP contribution is 2.39. The number of carbonyl (C=O) groups is 1. The number of amides is 1. The van der Waals surface area contributed by atoms with Crippen molar-refractivity contribution in [1.82, 2.24) is 30.1 Å². The molecule has 6 rings (SSSR count). The van der Waals surface area contributed by atoms with Crippen molar-refractivity contribution in [3.63, 3.8) is 0 Å². The van der Waals surface area contributed by atoms with Crippen LogP contribution in [0.2, 0.25) is 5.02 Å². The molecule has 0 spiro atoms. The average Bonchev–Trinajstić information content (AvgIpc) is 3.60. The smallest absolute Gasteiger partial charge is 0.253 e. The number of nitrogens with zero attached hydrogens (tertiary/aromatic N) is 5. The van der Waals surface area contributed by atoms with Crippen molar-refractivity contribution in [2.45, 2.75) is 31.8 Å². The molecule has 1 aliphatic rings. The van der Waals surface area contributed by atoms with E-state index in [0.29, 0.717) is 30.0 Å². The summed E-state index contributed by atoms with van der Waals surface area (Å²) in [4.78, 5) is 13.8. The molecular formula is C29H26ClN9O. The van der Waals surface area contributed by atoms with Gasteiger partial charge in [-0.25, -0.2) is 5.43 Å². The van der Waals surface area contributed by atoms with Crippen LogP contribution >= 0.6 is 11.6 Å². The lowest BCUT2D eigenvalue weighted by molar-refractivity contribution is 0.0868. The van der Waals surface area contributed by atoms with Gasteiger partial charge in [-0.05, 0) is 55.7 Å². The lowest BCUT2D eigenvalue weighted by Crippen LogP contribution is -2.51. The molecule has 0 unspecified atom stereocenters. The SMILES string of the molecule is Cc1ccc2c(c1)c(C(=N)NN=N)c1n2C[C@@](NC(=O)c2ccc(-n3cnnc3)cc2Cl)(c2ccccc2)CC1. The summed E-state index contributed by atoms with van der Waals surface area (Å²) in [5, 5.41) is 24.1. The lowest BCUT2D eigenvalue weighted by Gasteiger charge is -2.40. The lowest BCUT2D eigenvalue weighted by atomic mass is 9.81. The van der Waals surface area contributed by atoms with Crippen molar-refractivity contribution in [3.8, 4) is 5.69 Å². The number of benzene rings is 3. The van der Waals surface area contributed by atoms with Gasteiger partial charge >= 0.3 is 0 Å². The van der Waals surface area contributed by atoms with Gasteiger partial charge in [-0.1, -0.05) is 58.8 Å². The number of rotatable bonds is 6. The first kappa shape index (κ1) is 25.4. The summed E-state index contributed by atoms with van der Waals surface area (Å²) < 4.78 is 3.90. The van der Waals surface area contributed by atoms with Crippen LogP contribution in [0.5, 0.6) is 0 Å². The minimum absolute atomic E-state index is 0.0792. The summed E-state index contributed by atoms with van der Waals surface area (Å²) in [5.74, 6) is -0.196. The van der Waals surface area contributed by atoms with E-state index in [1.54, 1.807) is 29.4 Å². The number of halogens is 1. The third-order valence-corrected chi connectivity index (χ3v) is 7.87. The van der Waals surface area contributed by atoms with E-state index >= 15 is 0 Å². The van der Waals surface area contributed by atoms with Gasteiger partial charge < -0.3 is 9.88 Å². The average molecular weight is 552 g/mol. The maximum Gasteiger partial charge on any atom is 0.253 e. The van der Waals surface area contributed by atoms with Crippen LogP contribution in [0.1, 0.15) is 39.2 Å². The molecule has 1 amide bonds. The number of nitrogens with one attached hydrogen (secondary N) is 4. The van der Waals surface area contributed by atoms with Gasteiger partial charge in [0.25, 0.3) is 5.91 Å². The Morgan fingerprint density at radius 1 is 1.07 bits per heavy atom. The molecule has 0 radical (unpaired) electrons. The molecule has 0 saturated carbocycles. The van der Waals surface area contributed by atoms with E-state index in [1.165, 1.54) is 0 Å². The van der Waals surface area contributed by atoms with E-state index in [1.807, 2.05) is 55.5 Å². The van der Waals surface area contributed by atoms with Crippen molar-refractivity contribution in [3.05, 3.63) is 112 Å². The molecule has 0 fully saturated rings. The molecule has 10 nitrogen and oxygen atoms in total. The van der Waals surface area contributed by atoms with Crippen molar-refractivity contribution < 1.29 is 4.79 Å². The van der Waals surface area contributed by atoms with Gasteiger partial charge in [0.15, 0.2) is 0 Å². The van der Waals surface area contributed by atoms with Crippen molar-refractivity contribution in [1.29, 1.82) is 10.9 Å². The van der Waals surface area contributed by atoms with Crippen LogP contribution < -0.4 is 10.7 Å². The zero-order valence-electron chi connectivity index (χ0n) is 21.6. The van der Waals surface area contributed by atoms with E-state index < -0.39 is 5.54 Å². The summed E-state index contributed by atoms with van der Waals surface area (Å²) in [6, 6.07) is 21.3. The van der Waals surface area contributed by atoms with Crippen LogP contribution in [0.15, 0.2) is 84.6 Å². The number of hydrogen-bond donors (Lipinski definition) is 4. The molecule has 0 aliphatic carbocycles. The molecule has 40 heavy (non-hydrogen) atoms. The summed E-state index contributed by atoms with van der Waals surface area (Å²) in [7, 11) is 0. The first-order valence-corrected chi connectivity index (χ1v) is 13.1. The topological polar surface area (TPSA) is 137 Å². The molecule has 0 saturated heterocycles. The molecule has 1 atom stereocenters. The number of hydrogen-bond acceptors (Lipinski definition) is 6. The van der Waals surface area contributed by atoms with Gasteiger partial charge in [-0.15, -0.1) is 10.2 Å². The fourth-order valence-corrected chi connectivity index (χ4v) is 5.93. The third-order valence-electron chi connectivity index (χ3n) is 7.55. The predicted octanol–water partition coefficient (Wildman–Crippen LogP) is 5.32. The molecule has 4 N–H and O–H groups in total. The van der Waals surface area contributed by atoms with Gasteiger partial charge in [-0.3, -0.25) is 14.8 Å². The number of aryl methyl sites for hydroxylation is 1. The molecule has 2 aromatic heterocycles. The minimum Gasteiger partial charge on any atom is -0.341 e. The van der Waals surface area contributed by atoms with E-state index in [4.69, 9.17) is 22.5 Å². The Hall–Kier alpha value is -4.83. The van der Waals surface area contributed by atoms with Crippen LogP contribution in [0.4, 0.5) is 0 Å². The van der Waals surface area contributed by atoms with Crippen LogP contribution in [-0.4, -0.2) is 31.1 Å². The zero-order valence-corrected chi connectivity index (χ0v) is 22.4. The number of aromatic nitrogens is 4. The Kier molecular flexibility index (Phi) is 6.39. The van der Waals surface area contributed by atoms with Crippen LogP contribution in [0.3, 0.4) is 0 Å². The molecule has 5 aromatic rings. The van der Waals surface area contributed by atoms with Gasteiger partial charge in [0.05, 0.1) is 22.7 Å². The van der Waals surface area contributed by atoms with Crippen molar-refractivity contribution in [2.24, 2.45) is 5.22 Å². The van der Waals surface area contributed by atoms with E-state index in [2.05, 4.69) is 36.8 Å². The first-order valence-electron chi connectivity index (χ1n) is 12.8. The van der Waals surface area contributed by atoms with Crippen LogP contribution in [-0.2, 0) is 18.5 Å². The second-order valence-electron chi connectivity index (χ2n) is 9.96. The predicted molar refractivity (Wildman–Crippen MR) is 152 cm³/mol. The summed E-state index contributed by atoms with van der Waals surface area (Å²) in [5.41, 5.74) is 14.8. The van der Waals surface area contributed by atoms with Crippen LogP contribution in [0.25, 0.3) is 16.6 Å². The third kappa shape index (κ3) is 4.32. The monoisotopic (exact) mass is 551 g/mol. The van der Waals surface area contributed by atoms with E-state index in [0.717, 1.165) is 39.0 Å². The number of amidine groups is 1. The molecule has 11 heteroatoms. The van der Waals surface area contributed by atoms with Gasteiger partial charge in [0.2, 0.25) is 0 Å². The first-order chi connectivity index (χ1) is 19.4. The maximum absolute atomic E-state index is 13.8. The van der Waals surface area contributed by atoms with Crippen molar-refractivity contribution >= 4 is 34.2 Å². The molecule has 0 bridgehead atoms. The quantitative estimate of drug-likeness (QED) is 0.0982. The summed E-state index contributed by atoms with van der Waals surface area (Å²) >= 11 is 6.62. The van der Waals surface area contributed by atoms with Gasteiger partial charge in [0.1, 0.15) is 18.5 Å². The Balaban J connectivity index is 1.43.